The largest absolute Gasteiger partial charge is 0.466 e. The zero-order valence-corrected chi connectivity index (χ0v) is 20.7. The Kier molecular flexibility index (Phi) is 6.58. The molecule has 4 fully saturated rings. The smallest absolute Gasteiger partial charge is 0.347 e. The Bertz CT molecular complexity index is 796. The van der Waals surface area contributed by atoms with E-state index in [0.717, 1.165) is 44.9 Å². The fourth-order valence-electron chi connectivity index (χ4n) is 8.81. The molecule has 0 aromatic carbocycles. The first-order valence-corrected chi connectivity index (χ1v) is 12.6. The van der Waals surface area contributed by atoms with Gasteiger partial charge in [0.15, 0.2) is 0 Å². The van der Waals surface area contributed by atoms with Crippen molar-refractivity contribution < 1.29 is 33.7 Å². The van der Waals surface area contributed by atoms with Gasteiger partial charge in [-0.05, 0) is 85.9 Å². The summed E-state index contributed by atoms with van der Waals surface area (Å²) in [4.78, 5) is 35.8. The van der Waals surface area contributed by atoms with E-state index in [9.17, 15) is 19.5 Å². The van der Waals surface area contributed by atoms with Gasteiger partial charge in [-0.25, -0.2) is 4.79 Å². The maximum Gasteiger partial charge on any atom is 0.347 e. The number of hydrogen-bond donors (Lipinski definition) is 1. The van der Waals surface area contributed by atoms with Gasteiger partial charge in [0.05, 0.1) is 13.2 Å². The average molecular weight is 465 g/mol. The Morgan fingerprint density at radius 3 is 2.33 bits per heavy atom. The summed E-state index contributed by atoms with van der Waals surface area (Å²) < 4.78 is 16.0. The lowest BCUT2D eigenvalue weighted by Crippen LogP contribution is -2.60. The minimum atomic E-state index is -0.919. The lowest BCUT2D eigenvalue weighted by atomic mass is 9.43. The Morgan fingerprint density at radius 2 is 1.70 bits per heavy atom. The molecule has 1 N–H and O–H groups in total. The van der Waals surface area contributed by atoms with Gasteiger partial charge in [-0.1, -0.05) is 13.8 Å². The fraction of sp³-hybridized carbons (Fsp3) is 0.885. The van der Waals surface area contributed by atoms with Crippen LogP contribution in [0.5, 0.6) is 0 Å². The van der Waals surface area contributed by atoms with Crippen LogP contribution >= 0.6 is 0 Å². The highest BCUT2D eigenvalue weighted by atomic mass is 16.6. The highest BCUT2D eigenvalue weighted by molar-refractivity contribution is 5.79. The third-order valence-corrected chi connectivity index (χ3v) is 10.0. The van der Waals surface area contributed by atoms with Crippen LogP contribution in [0.4, 0.5) is 0 Å². The Morgan fingerprint density at radius 1 is 0.970 bits per heavy atom. The van der Waals surface area contributed by atoms with Crippen molar-refractivity contribution >= 4 is 17.9 Å². The van der Waals surface area contributed by atoms with E-state index in [1.165, 1.54) is 21.0 Å². The minimum Gasteiger partial charge on any atom is -0.466 e. The van der Waals surface area contributed by atoms with E-state index in [1.54, 1.807) is 0 Å². The zero-order chi connectivity index (χ0) is 24.1. The van der Waals surface area contributed by atoms with E-state index >= 15 is 0 Å². The van der Waals surface area contributed by atoms with Crippen LogP contribution in [0.15, 0.2) is 0 Å². The standard InChI is InChI=1S/C26H40O7/c1-14(27)32-17-10-11-25(3)16(12-17)6-7-18-19-8-9-20(23(24(30)31-5)33-15(2)28)26(19,4)13-21(29)22(18)25/h16-23,29H,6-13H2,1-5H3/t16-,17-,18+,19-,20+,21-,22+,23-,25+,26+/m1/s1. The number of methoxy groups -OCH3 is 1. The summed E-state index contributed by atoms with van der Waals surface area (Å²) in [5.74, 6) is 0.0508. The molecule has 0 unspecified atom stereocenters. The molecule has 4 aliphatic carbocycles. The SMILES string of the molecule is COC(=O)[C@H](OC(C)=O)[C@@H]1CC[C@@H]2[C@@H]3CC[C@@H]4C[C@H](OC(C)=O)CC[C@]4(C)[C@@H]3[C@H](O)C[C@@]21C. The first-order valence-electron chi connectivity index (χ1n) is 12.6. The van der Waals surface area contributed by atoms with Crippen LogP contribution in [-0.4, -0.2) is 48.4 Å². The lowest BCUT2D eigenvalue weighted by Gasteiger charge is -2.62. The maximum atomic E-state index is 12.6. The van der Waals surface area contributed by atoms with Crippen LogP contribution in [0.3, 0.4) is 0 Å². The quantitative estimate of drug-likeness (QED) is 0.501. The Balaban J connectivity index is 1.58. The molecule has 7 heteroatoms. The van der Waals surface area contributed by atoms with Gasteiger partial charge in [-0.15, -0.1) is 0 Å². The van der Waals surface area contributed by atoms with Crippen LogP contribution in [0.2, 0.25) is 0 Å². The molecular formula is C26H40O7. The molecule has 4 aliphatic rings. The van der Waals surface area contributed by atoms with Gasteiger partial charge in [0.2, 0.25) is 6.10 Å². The zero-order valence-electron chi connectivity index (χ0n) is 20.7. The van der Waals surface area contributed by atoms with E-state index in [1.807, 2.05) is 0 Å². The third kappa shape index (κ3) is 4.08. The summed E-state index contributed by atoms with van der Waals surface area (Å²) in [5, 5.41) is 11.6. The number of carbonyl (C=O) groups excluding carboxylic acids is 3. The first kappa shape index (κ1) is 24.5. The molecule has 0 spiro atoms. The number of carbonyl (C=O) groups is 3. The van der Waals surface area contributed by atoms with Crippen molar-refractivity contribution in [3.8, 4) is 0 Å². The summed E-state index contributed by atoms with van der Waals surface area (Å²) in [6.45, 7) is 7.32. The van der Waals surface area contributed by atoms with Gasteiger partial charge in [0.25, 0.3) is 0 Å². The predicted octanol–water partition coefficient (Wildman–Crippen LogP) is 3.65. The van der Waals surface area contributed by atoms with Crippen molar-refractivity contribution in [2.75, 3.05) is 7.11 Å². The third-order valence-electron chi connectivity index (χ3n) is 10.0. The summed E-state index contributed by atoms with van der Waals surface area (Å²) in [5.41, 5.74) is -0.261. The van der Waals surface area contributed by atoms with E-state index in [-0.39, 0.29) is 34.7 Å². The second-order valence-corrected chi connectivity index (χ2v) is 11.6. The normalized spacial score (nSPS) is 45.1. The summed E-state index contributed by atoms with van der Waals surface area (Å²) in [7, 11) is 1.33. The molecule has 0 amide bonds. The summed E-state index contributed by atoms with van der Waals surface area (Å²) in [6.07, 6.45) is 5.78. The van der Waals surface area contributed by atoms with Gasteiger partial charge in [0, 0.05) is 19.8 Å². The topological polar surface area (TPSA) is 99.1 Å². The molecule has 10 atom stereocenters. The summed E-state index contributed by atoms with van der Waals surface area (Å²) >= 11 is 0. The average Bonchev–Trinajstić information content (AvgIpc) is 3.07. The van der Waals surface area contributed by atoms with Crippen molar-refractivity contribution in [2.45, 2.75) is 97.4 Å². The second-order valence-electron chi connectivity index (χ2n) is 11.6. The first-order chi connectivity index (χ1) is 15.5. The van der Waals surface area contributed by atoms with Crippen molar-refractivity contribution in [1.29, 1.82) is 0 Å². The molecule has 0 aliphatic heterocycles. The van der Waals surface area contributed by atoms with Crippen LogP contribution in [-0.2, 0) is 28.6 Å². The molecule has 4 rings (SSSR count). The van der Waals surface area contributed by atoms with Gasteiger partial charge in [-0.2, -0.15) is 0 Å². The second kappa shape index (κ2) is 8.86. The van der Waals surface area contributed by atoms with Crippen LogP contribution in [0, 0.1) is 40.4 Å². The van der Waals surface area contributed by atoms with Crippen molar-refractivity contribution in [2.24, 2.45) is 40.4 Å². The van der Waals surface area contributed by atoms with Crippen molar-refractivity contribution in [1.82, 2.24) is 0 Å². The molecule has 0 saturated heterocycles. The number of aliphatic hydroxyl groups is 1. The molecule has 0 aromatic rings. The predicted molar refractivity (Wildman–Crippen MR) is 120 cm³/mol. The highest BCUT2D eigenvalue weighted by Gasteiger charge is 2.65. The van der Waals surface area contributed by atoms with Crippen LogP contribution in [0.25, 0.3) is 0 Å². The molecule has 4 saturated carbocycles. The van der Waals surface area contributed by atoms with E-state index in [2.05, 4.69) is 13.8 Å². The molecular weight excluding hydrogens is 424 g/mol. The Labute approximate surface area is 196 Å². The van der Waals surface area contributed by atoms with E-state index < -0.39 is 24.1 Å². The number of esters is 3. The molecule has 0 heterocycles. The van der Waals surface area contributed by atoms with Gasteiger partial charge in [0.1, 0.15) is 6.10 Å². The fourth-order valence-corrected chi connectivity index (χ4v) is 8.81. The van der Waals surface area contributed by atoms with Crippen molar-refractivity contribution in [3.05, 3.63) is 0 Å². The van der Waals surface area contributed by atoms with Crippen LogP contribution in [0.1, 0.15) is 79.1 Å². The molecule has 0 bridgehead atoms. The van der Waals surface area contributed by atoms with Gasteiger partial charge in [-0.3, -0.25) is 9.59 Å². The number of fused-ring (bicyclic) bond motifs is 5. The number of aliphatic hydroxyl groups excluding tert-OH is 1. The number of ether oxygens (including phenoxy) is 3. The van der Waals surface area contributed by atoms with Gasteiger partial charge >= 0.3 is 17.9 Å². The number of rotatable bonds is 4. The molecule has 0 radical (unpaired) electrons. The van der Waals surface area contributed by atoms with Crippen molar-refractivity contribution in [3.63, 3.8) is 0 Å². The lowest BCUT2D eigenvalue weighted by molar-refractivity contribution is -0.194. The van der Waals surface area contributed by atoms with E-state index in [0.29, 0.717) is 24.2 Å². The van der Waals surface area contributed by atoms with E-state index in [4.69, 9.17) is 14.2 Å². The van der Waals surface area contributed by atoms with Gasteiger partial charge < -0.3 is 19.3 Å². The monoisotopic (exact) mass is 464 g/mol. The maximum absolute atomic E-state index is 12.6. The Hall–Kier alpha value is -1.63. The minimum absolute atomic E-state index is 0.0106. The number of hydrogen-bond acceptors (Lipinski definition) is 7. The molecule has 33 heavy (non-hydrogen) atoms. The summed E-state index contributed by atoms with van der Waals surface area (Å²) in [6, 6.07) is 0. The van der Waals surface area contributed by atoms with Crippen LogP contribution < -0.4 is 0 Å². The molecule has 0 aromatic heterocycles. The molecule has 7 nitrogen and oxygen atoms in total. The highest BCUT2D eigenvalue weighted by Crippen LogP contribution is 2.68. The molecule has 186 valence electrons.